The van der Waals surface area contributed by atoms with Gasteiger partial charge in [0.15, 0.2) is 0 Å². The summed E-state index contributed by atoms with van der Waals surface area (Å²) in [6, 6.07) is 10.9. The van der Waals surface area contributed by atoms with Gasteiger partial charge in [0, 0.05) is 19.3 Å². The average molecular weight is 207 g/mol. The highest BCUT2D eigenvalue weighted by Crippen LogP contribution is 2.10. The van der Waals surface area contributed by atoms with Gasteiger partial charge in [-0.1, -0.05) is 30.3 Å². The van der Waals surface area contributed by atoms with Crippen LogP contribution in [0, 0.1) is 0 Å². The monoisotopic (exact) mass is 207 g/mol. The molecule has 0 saturated carbocycles. The summed E-state index contributed by atoms with van der Waals surface area (Å²) in [5, 5.41) is 3.48. The fourth-order valence-corrected chi connectivity index (χ4v) is 1.50. The van der Waals surface area contributed by atoms with Crippen LogP contribution in [0.25, 0.3) is 0 Å². The first kappa shape index (κ1) is 12.2. The van der Waals surface area contributed by atoms with Crippen LogP contribution in [0.4, 0.5) is 0 Å². The summed E-state index contributed by atoms with van der Waals surface area (Å²) in [6.07, 6.45) is 1.07. The largest absolute Gasteiger partial charge is 0.382 e. The summed E-state index contributed by atoms with van der Waals surface area (Å²) in [6.45, 7) is 6.89. The number of benzene rings is 1. The minimum absolute atomic E-state index is 0.424. The second kappa shape index (κ2) is 7.43. The van der Waals surface area contributed by atoms with Gasteiger partial charge in [-0.2, -0.15) is 0 Å². The van der Waals surface area contributed by atoms with E-state index in [1.54, 1.807) is 0 Å². The molecule has 0 aliphatic rings. The fourth-order valence-electron chi connectivity index (χ4n) is 1.50. The lowest BCUT2D eigenvalue weighted by molar-refractivity contribution is 0.144. The third-order valence-electron chi connectivity index (χ3n) is 2.42. The van der Waals surface area contributed by atoms with Crippen molar-refractivity contribution in [1.82, 2.24) is 5.32 Å². The second-order valence-electron chi connectivity index (χ2n) is 3.64. The van der Waals surface area contributed by atoms with Gasteiger partial charge in [-0.15, -0.1) is 0 Å². The molecule has 0 spiro atoms. The Kier molecular flexibility index (Phi) is 6.05. The van der Waals surface area contributed by atoms with Crippen LogP contribution in [-0.4, -0.2) is 19.8 Å². The Morgan fingerprint density at radius 2 is 2.00 bits per heavy atom. The Morgan fingerprint density at radius 1 is 1.27 bits per heavy atom. The van der Waals surface area contributed by atoms with E-state index in [0.29, 0.717) is 6.04 Å². The molecule has 0 aliphatic carbocycles. The van der Waals surface area contributed by atoms with E-state index in [1.807, 2.05) is 13.0 Å². The van der Waals surface area contributed by atoms with Gasteiger partial charge < -0.3 is 10.1 Å². The molecule has 0 amide bonds. The van der Waals surface area contributed by atoms with Crippen molar-refractivity contribution in [3.8, 4) is 0 Å². The van der Waals surface area contributed by atoms with E-state index in [4.69, 9.17) is 4.74 Å². The van der Waals surface area contributed by atoms with Crippen molar-refractivity contribution in [3.05, 3.63) is 35.9 Å². The smallest absolute Gasteiger partial charge is 0.0477 e. The molecule has 1 N–H and O–H groups in total. The zero-order valence-corrected chi connectivity index (χ0v) is 9.70. The minimum atomic E-state index is 0.424. The molecule has 2 heteroatoms. The first-order valence-electron chi connectivity index (χ1n) is 5.70. The number of ether oxygens (including phenoxy) is 1. The average Bonchev–Trinajstić information content (AvgIpc) is 2.30. The normalized spacial score (nSPS) is 12.7. The van der Waals surface area contributed by atoms with Crippen molar-refractivity contribution in [2.75, 3.05) is 19.8 Å². The van der Waals surface area contributed by atoms with Crippen LogP contribution in [0.3, 0.4) is 0 Å². The van der Waals surface area contributed by atoms with Gasteiger partial charge in [-0.25, -0.2) is 0 Å². The summed E-state index contributed by atoms with van der Waals surface area (Å²) >= 11 is 0. The van der Waals surface area contributed by atoms with Crippen LogP contribution < -0.4 is 5.32 Å². The van der Waals surface area contributed by atoms with Crippen LogP contribution in [0.15, 0.2) is 30.3 Å². The highest BCUT2D eigenvalue weighted by molar-refractivity contribution is 5.17. The van der Waals surface area contributed by atoms with Gasteiger partial charge >= 0.3 is 0 Å². The molecule has 84 valence electrons. The molecule has 0 radical (unpaired) electrons. The highest BCUT2D eigenvalue weighted by atomic mass is 16.5. The lowest BCUT2D eigenvalue weighted by Gasteiger charge is -2.13. The molecule has 0 heterocycles. The lowest BCUT2D eigenvalue weighted by atomic mass is 10.1. The number of hydrogen-bond acceptors (Lipinski definition) is 2. The van der Waals surface area contributed by atoms with E-state index in [-0.39, 0.29) is 0 Å². The summed E-state index contributed by atoms with van der Waals surface area (Å²) in [5.74, 6) is 0. The fraction of sp³-hybridized carbons (Fsp3) is 0.538. The summed E-state index contributed by atoms with van der Waals surface area (Å²) < 4.78 is 5.28. The van der Waals surface area contributed by atoms with E-state index < -0.39 is 0 Å². The number of nitrogens with one attached hydrogen (secondary N) is 1. The second-order valence-corrected chi connectivity index (χ2v) is 3.64. The quantitative estimate of drug-likeness (QED) is 0.694. The van der Waals surface area contributed by atoms with Crippen LogP contribution in [0.1, 0.15) is 31.9 Å². The molecule has 0 bridgehead atoms. The maximum Gasteiger partial charge on any atom is 0.0477 e. The van der Waals surface area contributed by atoms with E-state index in [1.165, 1.54) is 5.56 Å². The Morgan fingerprint density at radius 3 is 2.67 bits per heavy atom. The summed E-state index contributed by atoms with van der Waals surface area (Å²) in [7, 11) is 0. The topological polar surface area (TPSA) is 21.3 Å². The minimum Gasteiger partial charge on any atom is -0.382 e. The van der Waals surface area contributed by atoms with Crippen molar-refractivity contribution >= 4 is 0 Å². The van der Waals surface area contributed by atoms with Gasteiger partial charge in [0.25, 0.3) is 0 Å². The third-order valence-corrected chi connectivity index (χ3v) is 2.42. The standard InChI is InChI=1S/C13H21NO/c1-3-15-11-7-10-14-12(2)13-8-5-4-6-9-13/h4-6,8-9,12,14H,3,7,10-11H2,1-2H3. The molecule has 0 aromatic heterocycles. The molecule has 1 unspecified atom stereocenters. The van der Waals surface area contributed by atoms with E-state index >= 15 is 0 Å². The van der Waals surface area contributed by atoms with Crippen molar-refractivity contribution in [3.63, 3.8) is 0 Å². The van der Waals surface area contributed by atoms with Gasteiger partial charge in [-0.3, -0.25) is 0 Å². The van der Waals surface area contributed by atoms with E-state index in [9.17, 15) is 0 Å². The van der Waals surface area contributed by atoms with Crippen molar-refractivity contribution in [1.29, 1.82) is 0 Å². The highest BCUT2D eigenvalue weighted by Gasteiger charge is 2.02. The molecule has 1 aromatic carbocycles. The molecule has 1 aromatic rings. The summed E-state index contributed by atoms with van der Waals surface area (Å²) in [5.41, 5.74) is 1.34. The maximum atomic E-state index is 5.28. The molecule has 0 aliphatic heterocycles. The zero-order chi connectivity index (χ0) is 10.9. The number of hydrogen-bond donors (Lipinski definition) is 1. The molecule has 0 fully saturated rings. The molecule has 1 atom stereocenters. The molecule has 0 saturated heterocycles. The van der Waals surface area contributed by atoms with Crippen LogP contribution in [0.2, 0.25) is 0 Å². The SMILES string of the molecule is CCOCCCNC(C)c1ccccc1. The van der Waals surface area contributed by atoms with E-state index in [0.717, 1.165) is 26.2 Å². The van der Waals surface area contributed by atoms with E-state index in [2.05, 4.69) is 36.5 Å². The van der Waals surface area contributed by atoms with Crippen molar-refractivity contribution in [2.45, 2.75) is 26.3 Å². The molecule has 2 nitrogen and oxygen atoms in total. The Hall–Kier alpha value is -0.860. The first-order chi connectivity index (χ1) is 7.34. The Balaban J connectivity index is 2.16. The van der Waals surface area contributed by atoms with Gasteiger partial charge in [-0.05, 0) is 32.4 Å². The summed E-state index contributed by atoms with van der Waals surface area (Å²) in [4.78, 5) is 0. The van der Waals surface area contributed by atoms with Gasteiger partial charge in [0.2, 0.25) is 0 Å². The molecule has 1 rings (SSSR count). The van der Waals surface area contributed by atoms with Gasteiger partial charge in [0.1, 0.15) is 0 Å². The van der Waals surface area contributed by atoms with Crippen LogP contribution in [-0.2, 0) is 4.74 Å². The molecular formula is C13H21NO. The zero-order valence-electron chi connectivity index (χ0n) is 9.70. The lowest BCUT2D eigenvalue weighted by Crippen LogP contribution is -2.20. The van der Waals surface area contributed by atoms with Crippen LogP contribution in [0.5, 0.6) is 0 Å². The molecular weight excluding hydrogens is 186 g/mol. The predicted molar refractivity (Wildman–Crippen MR) is 64.0 cm³/mol. The first-order valence-corrected chi connectivity index (χ1v) is 5.70. The van der Waals surface area contributed by atoms with Crippen LogP contribution >= 0.6 is 0 Å². The Labute approximate surface area is 92.6 Å². The van der Waals surface area contributed by atoms with Gasteiger partial charge in [0.05, 0.1) is 0 Å². The third kappa shape index (κ3) is 4.96. The number of rotatable bonds is 7. The van der Waals surface area contributed by atoms with Crippen molar-refractivity contribution < 1.29 is 4.74 Å². The predicted octanol–water partition coefficient (Wildman–Crippen LogP) is 2.76. The van der Waals surface area contributed by atoms with Crippen molar-refractivity contribution in [2.24, 2.45) is 0 Å². The Bertz CT molecular complexity index is 248. The maximum absolute atomic E-state index is 5.28. The molecule has 15 heavy (non-hydrogen) atoms.